The van der Waals surface area contributed by atoms with Gasteiger partial charge in [-0.1, -0.05) is 38.1 Å². The molecule has 0 aliphatic heterocycles. The van der Waals surface area contributed by atoms with E-state index in [1.54, 1.807) is 23.5 Å². The zero-order chi connectivity index (χ0) is 14.6. The van der Waals surface area contributed by atoms with Gasteiger partial charge in [-0.2, -0.15) is 0 Å². The van der Waals surface area contributed by atoms with Crippen LogP contribution < -0.4 is 5.32 Å². The lowest BCUT2D eigenvalue weighted by atomic mass is 9.84. The van der Waals surface area contributed by atoms with Gasteiger partial charge < -0.3 is 5.32 Å². The summed E-state index contributed by atoms with van der Waals surface area (Å²) in [7, 11) is 0. The first-order valence-electron chi connectivity index (χ1n) is 6.53. The van der Waals surface area contributed by atoms with Crippen LogP contribution in [-0.4, -0.2) is 12.5 Å². The molecule has 0 bridgehead atoms. The molecular formula is C16H18FNOS. The normalized spacial score (nSPS) is 11.3. The molecule has 2 nitrogen and oxygen atoms in total. The molecule has 20 heavy (non-hydrogen) atoms. The SMILES string of the molecule is CC(C)(CNC(=O)Cc1cccs1)c1ccccc1F. The van der Waals surface area contributed by atoms with Gasteiger partial charge in [-0.3, -0.25) is 4.79 Å². The van der Waals surface area contributed by atoms with Crippen molar-refractivity contribution < 1.29 is 9.18 Å². The Hall–Kier alpha value is -1.68. The van der Waals surface area contributed by atoms with Crippen LogP contribution in [0.5, 0.6) is 0 Å². The summed E-state index contributed by atoms with van der Waals surface area (Å²) < 4.78 is 13.8. The predicted octanol–water partition coefficient (Wildman–Crippen LogP) is 3.52. The van der Waals surface area contributed by atoms with Crippen molar-refractivity contribution in [2.24, 2.45) is 0 Å². The fourth-order valence-electron chi connectivity index (χ4n) is 2.06. The van der Waals surface area contributed by atoms with Gasteiger partial charge in [0.25, 0.3) is 0 Å². The predicted molar refractivity (Wildman–Crippen MR) is 80.5 cm³/mol. The van der Waals surface area contributed by atoms with Gasteiger partial charge in [0.2, 0.25) is 5.91 Å². The smallest absolute Gasteiger partial charge is 0.225 e. The lowest BCUT2D eigenvalue weighted by Crippen LogP contribution is -2.37. The van der Waals surface area contributed by atoms with E-state index in [-0.39, 0.29) is 11.7 Å². The van der Waals surface area contributed by atoms with Crippen molar-refractivity contribution in [3.63, 3.8) is 0 Å². The number of rotatable bonds is 5. The molecule has 2 aromatic rings. The van der Waals surface area contributed by atoms with Crippen molar-refractivity contribution in [3.05, 3.63) is 58.0 Å². The Balaban J connectivity index is 1.95. The maximum atomic E-state index is 13.8. The first kappa shape index (κ1) is 14.7. The second kappa shape index (κ2) is 6.18. The van der Waals surface area contributed by atoms with E-state index in [4.69, 9.17) is 0 Å². The highest BCUT2D eigenvalue weighted by Crippen LogP contribution is 2.24. The Morgan fingerprint density at radius 2 is 2.00 bits per heavy atom. The van der Waals surface area contributed by atoms with Crippen molar-refractivity contribution in [2.45, 2.75) is 25.7 Å². The Morgan fingerprint density at radius 1 is 1.25 bits per heavy atom. The van der Waals surface area contributed by atoms with Gasteiger partial charge in [-0.25, -0.2) is 4.39 Å². The third-order valence-corrected chi connectivity index (χ3v) is 4.12. The molecular weight excluding hydrogens is 273 g/mol. The quantitative estimate of drug-likeness (QED) is 0.897. The molecule has 0 spiro atoms. The highest BCUT2D eigenvalue weighted by atomic mass is 32.1. The van der Waals surface area contributed by atoms with Crippen LogP contribution >= 0.6 is 11.3 Å². The van der Waals surface area contributed by atoms with E-state index in [0.717, 1.165) is 4.88 Å². The third kappa shape index (κ3) is 3.67. The zero-order valence-electron chi connectivity index (χ0n) is 11.7. The Bertz CT molecular complexity index is 578. The number of hydrogen-bond donors (Lipinski definition) is 1. The minimum Gasteiger partial charge on any atom is -0.355 e. The van der Waals surface area contributed by atoms with Gasteiger partial charge in [-0.05, 0) is 23.1 Å². The van der Waals surface area contributed by atoms with Gasteiger partial charge in [0.05, 0.1) is 6.42 Å². The summed E-state index contributed by atoms with van der Waals surface area (Å²) in [6.45, 7) is 4.27. The number of thiophene rings is 1. The van der Waals surface area contributed by atoms with Gasteiger partial charge in [-0.15, -0.1) is 11.3 Å². The Labute approximate surface area is 122 Å². The molecule has 0 fully saturated rings. The Kier molecular flexibility index (Phi) is 4.55. The van der Waals surface area contributed by atoms with E-state index in [9.17, 15) is 9.18 Å². The van der Waals surface area contributed by atoms with Crippen molar-refractivity contribution >= 4 is 17.2 Å². The zero-order valence-corrected chi connectivity index (χ0v) is 12.5. The standard InChI is InChI=1S/C16H18FNOS/c1-16(2,13-7-3-4-8-14(13)17)11-18-15(19)10-12-6-5-9-20-12/h3-9H,10-11H2,1-2H3,(H,18,19). The maximum absolute atomic E-state index is 13.8. The van der Waals surface area contributed by atoms with Crippen LogP contribution in [0.2, 0.25) is 0 Å². The number of carbonyl (C=O) groups excluding carboxylic acids is 1. The average molecular weight is 291 g/mol. The number of halogens is 1. The van der Waals surface area contributed by atoms with Gasteiger partial charge in [0.15, 0.2) is 0 Å². The number of carbonyl (C=O) groups is 1. The van der Waals surface area contributed by atoms with Gasteiger partial charge in [0.1, 0.15) is 5.82 Å². The lowest BCUT2D eigenvalue weighted by Gasteiger charge is -2.26. The van der Waals surface area contributed by atoms with Crippen molar-refractivity contribution in [1.82, 2.24) is 5.32 Å². The van der Waals surface area contributed by atoms with E-state index >= 15 is 0 Å². The van der Waals surface area contributed by atoms with Crippen LogP contribution in [0.4, 0.5) is 4.39 Å². The summed E-state index contributed by atoms with van der Waals surface area (Å²) in [6.07, 6.45) is 0.380. The molecule has 0 aliphatic rings. The van der Waals surface area contributed by atoms with E-state index in [1.165, 1.54) is 6.07 Å². The molecule has 0 atom stereocenters. The largest absolute Gasteiger partial charge is 0.355 e. The maximum Gasteiger partial charge on any atom is 0.225 e. The summed E-state index contributed by atoms with van der Waals surface area (Å²) in [5.74, 6) is -0.262. The fourth-order valence-corrected chi connectivity index (χ4v) is 2.76. The summed E-state index contributed by atoms with van der Waals surface area (Å²) >= 11 is 1.56. The van der Waals surface area contributed by atoms with Crippen molar-refractivity contribution in [2.75, 3.05) is 6.54 Å². The van der Waals surface area contributed by atoms with E-state index in [0.29, 0.717) is 18.5 Å². The van der Waals surface area contributed by atoms with Crippen LogP contribution in [0, 0.1) is 5.82 Å². The molecule has 1 heterocycles. The van der Waals surface area contributed by atoms with E-state index < -0.39 is 5.41 Å². The molecule has 2 rings (SSSR count). The summed E-state index contributed by atoms with van der Waals surface area (Å²) in [5.41, 5.74) is 0.188. The minimum atomic E-state index is -0.434. The average Bonchev–Trinajstić information content (AvgIpc) is 2.90. The molecule has 1 aromatic heterocycles. The van der Waals surface area contributed by atoms with Crippen LogP contribution in [0.1, 0.15) is 24.3 Å². The molecule has 4 heteroatoms. The highest BCUT2D eigenvalue weighted by molar-refractivity contribution is 7.10. The van der Waals surface area contributed by atoms with Gasteiger partial charge >= 0.3 is 0 Å². The highest BCUT2D eigenvalue weighted by Gasteiger charge is 2.24. The monoisotopic (exact) mass is 291 g/mol. The first-order chi connectivity index (χ1) is 9.49. The number of amides is 1. The fraction of sp³-hybridized carbons (Fsp3) is 0.312. The first-order valence-corrected chi connectivity index (χ1v) is 7.41. The molecule has 0 radical (unpaired) electrons. The Morgan fingerprint density at radius 3 is 2.65 bits per heavy atom. The summed E-state index contributed by atoms with van der Waals surface area (Å²) in [6, 6.07) is 10.6. The molecule has 1 aromatic carbocycles. The summed E-state index contributed by atoms with van der Waals surface area (Å²) in [4.78, 5) is 12.9. The van der Waals surface area contributed by atoms with Crippen LogP contribution in [0.3, 0.4) is 0 Å². The van der Waals surface area contributed by atoms with Crippen molar-refractivity contribution in [3.8, 4) is 0 Å². The van der Waals surface area contributed by atoms with Crippen LogP contribution in [-0.2, 0) is 16.6 Å². The topological polar surface area (TPSA) is 29.1 Å². The number of nitrogens with one attached hydrogen (secondary N) is 1. The lowest BCUT2D eigenvalue weighted by molar-refractivity contribution is -0.120. The molecule has 106 valence electrons. The number of hydrogen-bond acceptors (Lipinski definition) is 2. The molecule has 1 amide bonds. The summed E-state index contributed by atoms with van der Waals surface area (Å²) in [5, 5.41) is 4.84. The minimum absolute atomic E-state index is 0.0307. The van der Waals surface area contributed by atoms with Gasteiger partial charge in [0, 0.05) is 16.8 Å². The van der Waals surface area contributed by atoms with Crippen LogP contribution in [0.15, 0.2) is 41.8 Å². The third-order valence-electron chi connectivity index (χ3n) is 3.25. The van der Waals surface area contributed by atoms with E-state index in [1.807, 2.05) is 37.4 Å². The molecule has 0 saturated carbocycles. The van der Waals surface area contributed by atoms with Crippen molar-refractivity contribution in [1.29, 1.82) is 0 Å². The molecule has 0 aliphatic carbocycles. The van der Waals surface area contributed by atoms with Crippen LogP contribution in [0.25, 0.3) is 0 Å². The molecule has 1 N–H and O–H groups in total. The second-order valence-electron chi connectivity index (χ2n) is 5.40. The second-order valence-corrected chi connectivity index (χ2v) is 6.43. The molecule has 0 unspecified atom stereocenters. The molecule has 0 saturated heterocycles. The number of benzene rings is 1. The van der Waals surface area contributed by atoms with E-state index in [2.05, 4.69) is 5.32 Å².